The average molecular weight is 440 g/mol. The predicted molar refractivity (Wildman–Crippen MR) is 132 cm³/mol. The van der Waals surface area contributed by atoms with Gasteiger partial charge in [0.25, 0.3) is 5.56 Å². The van der Waals surface area contributed by atoms with Crippen LogP contribution in [0.4, 0.5) is 0 Å². The SMILES string of the molecule is Cc1c(CN2CCC[C@H](C(=O)c3cccc4ccccc34)C2)c(=O)n(-c2ccccc2)n1C. The zero-order valence-electron chi connectivity index (χ0n) is 19.2. The van der Waals surface area contributed by atoms with E-state index in [0.29, 0.717) is 13.1 Å². The lowest BCUT2D eigenvalue weighted by molar-refractivity contribution is 0.0813. The van der Waals surface area contributed by atoms with E-state index in [0.717, 1.165) is 52.7 Å². The summed E-state index contributed by atoms with van der Waals surface area (Å²) in [5, 5.41) is 2.11. The lowest BCUT2D eigenvalue weighted by atomic mass is 9.88. The number of rotatable bonds is 5. The fourth-order valence-corrected chi connectivity index (χ4v) is 5.10. The van der Waals surface area contributed by atoms with E-state index in [9.17, 15) is 9.59 Å². The summed E-state index contributed by atoms with van der Waals surface area (Å²) in [6.07, 6.45) is 1.85. The van der Waals surface area contributed by atoms with E-state index in [1.807, 2.05) is 79.3 Å². The van der Waals surface area contributed by atoms with Crippen molar-refractivity contribution in [3.05, 3.63) is 100.0 Å². The minimum atomic E-state index is -0.0510. The second-order valence-electron chi connectivity index (χ2n) is 9.01. The molecule has 1 aliphatic heterocycles. The molecule has 4 aromatic rings. The molecule has 0 bridgehead atoms. The maximum absolute atomic E-state index is 13.5. The van der Waals surface area contributed by atoms with E-state index in [1.54, 1.807) is 4.68 Å². The third-order valence-electron chi connectivity index (χ3n) is 6.99. The highest BCUT2D eigenvalue weighted by atomic mass is 16.1. The third-order valence-corrected chi connectivity index (χ3v) is 6.99. The van der Waals surface area contributed by atoms with Gasteiger partial charge in [0, 0.05) is 37.3 Å². The van der Waals surface area contributed by atoms with Crippen molar-refractivity contribution in [3.63, 3.8) is 0 Å². The number of benzene rings is 3. The summed E-state index contributed by atoms with van der Waals surface area (Å²) < 4.78 is 3.66. The van der Waals surface area contributed by atoms with E-state index in [-0.39, 0.29) is 17.3 Å². The Morgan fingerprint density at radius 2 is 1.70 bits per heavy atom. The van der Waals surface area contributed by atoms with E-state index < -0.39 is 0 Å². The Hall–Kier alpha value is -3.44. The Kier molecular flexibility index (Phi) is 5.73. The van der Waals surface area contributed by atoms with Crippen molar-refractivity contribution in [3.8, 4) is 5.69 Å². The van der Waals surface area contributed by atoms with Gasteiger partial charge in [-0.2, -0.15) is 0 Å². The molecule has 0 saturated carbocycles. The quantitative estimate of drug-likeness (QED) is 0.422. The normalized spacial score (nSPS) is 16.8. The van der Waals surface area contributed by atoms with E-state index in [4.69, 9.17) is 0 Å². The Morgan fingerprint density at radius 3 is 2.52 bits per heavy atom. The fourth-order valence-electron chi connectivity index (χ4n) is 5.10. The van der Waals surface area contributed by atoms with Gasteiger partial charge in [0.05, 0.1) is 11.3 Å². The third kappa shape index (κ3) is 3.93. The molecule has 3 aromatic carbocycles. The summed E-state index contributed by atoms with van der Waals surface area (Å²) in [5.41, 5.74) is 3.46. The largest absolute Gasteiger partial charge is 0.298 e. The van der Waals surface area contributed by atoms with Crippen LogP contribution in [0.2, 0.25) is 0 Å². The Bertz CT molecular complexity index is 1360. The summed E-state index contributed by atoms with van der Waals surface area (Å²) in [6.45, 7) is 4.15. The van der Waals surface area contributed by atoms with E-state index >= 15 is 0 Å². The molecule has 1 saturated heterocycles. The number of hydrogen-bond acceptors (Lipinski definition) is 3. The zero-order chi connectivity index (χ0) is 22.9. The van der Waals surface area contributed by atoms with Crippen molar-refractivity contribution in [2.24, 2.45) is 13.0 Å². The van der Waals surface area contributed by atoms with Gasteiger partial charge in [-0.05, 0) is 49.2 Å². The van der Waals surface area contributed by atoms with Crippen molar-refractivity contribution in [1.29, 1.82) is 0 Å². The predicted octanol–water partition coefficient (Wildman–Crippen LogP) is 4.73. The number of Topliss-reactive ketones (excluding diaryl/α,β-unsaturated/α-hetero) is 1. The number of ketones is 1. The second-order valence-corrected chi connectivity index (χ2v) is 9.01. The van der Waals surface area contributed by atoms with Crippen LogP contribution in [-0.4, -0.2) is 33.1 Å². The summed E-state index contributed by atoms with van der Waals surface area (Å²) >= 11 is 0. The van der Waals surface area contributed by atoms with Gasteiger partial charge >= 0.3 is 0 Å². The van der Waals surface area contributed by atoms with Crippen LogP contribution in [0.3, 0.4) is 0 Å². The molecule has 0 spiro atoms. The minimum absolute atomic E-state index is 0.0173. The smallest absolute Gasteiger partial charge is 0.276 e. The molecule has 2 heterocycles. The number of fused-ring (bicyclic) bond motifs is 1. The van der Waals surface area contributed by atoms with Crippen LogP contribution in [-0.2, 0) is 13.6 Å². The van der Waals surface area contributed by atoms with Gasteiger partial charge in [0.1, 0.15) is 0 Å². The van der Waals surface area contributed by atoms with Crippen LogP contribution in [0.25, 0.3) is 16.5 Å². The van der Waals surface area contributed by atoms with Crippen molar-refractivity contribution in [2.45, 2.75) is 26.3 Å². The topological polar surface area (TPSA) is 47.2 Å². The second kappa shape index (κ2) is 8.83. The van der Waals surface area contributed by atoms with Crippen LogP contribution in [0, 0.1) is 12.8 Å². The lowest BCUT2D eigenvalue weighted by Crippen LogP contribution is -2.39. The molecule has 0 amide bonds. The molecule has 5 nitrogen and oxygen atoms in total. The first kappa shape index (κ1) is 21.4. The van der Waals surface area contributed by atoms with Gasteiger partial charge in [0.15, 0.2) is 5.78 Å². The molecule has 0 radical (unpaired) electrons. The van der Waals surface area contributed by atoms with E-state index in [1.165, 1.54) is 0 Å². The molecule has 1 atom stereocenters. The molecule has 1 aliphatic rings. The first-order valence-corrected chi connectivity index (χ1v) is 11.6. The summed E-state index contributed by atoms with van der Waals surface area (Å²) in [7, 11) is 1.93. The number of likely N-dealkylation sites (tertiary alicyclic amines) is 1. The number of aromatic nitrogens is 2. The highest BCUT2D eigenvalue weighted by Crippen LogP contribution is 2.26. The van der Waals surface area contributed by atoms with Gasteiger partial charge < -0.3 is 0 Å². The van der Waals surface area contributed by atoms with Gasteiger partial charge in [0.2, 0.25) is 0 Å². The van der Waals surface area contributed by atoms with Crippen LogP contribution < -0.4 is 5.56 Å². The lowest BCUT2D eigenvalue weighted by Gasteiger charge is -2.32. The molecule has 5 heteroatoms. The number of piperidine rings is 1. The number of carbonyl (C=O) groups is 1. The average Bonchev–Trinajstić information content (AvgIpc) is 3.07. The van der Waals surface area contributed by atoms with Gasteiger partial charge in [-0.15, -0.1) is 0 Å². The number of para-hydroxylation sites is 1. The van der Waals surface area contributed by atoms with E-state index in [2.05, 4.69) is 17.0 Å². The number of hydrogen-bond donors (Lipinski definition) is 0. The minimum Gasteiger partial charge on any atom is -0.298 e. The molecule has 0 aliphatic carbocycles. The van der Waals surface area contributed by atoms with Crippen molar-refractivity contribution < 1.29 is 4.79 Å². The van der Waals surface area contributed by atoms with Crippen LogP contribution >= 0.6 is 0 Å². The molecular formula is C28H29N3O2. The molecule has 168 valence electrons. The molecule has 1 fully saturated rings. The van der Waals surface area contributed by atoms with Gasteiger partial charge in [-0.25, -0.2) is 4.68 Å². The summed E-state index contributed by atoms with van der Waals surface area (Å²) in [5.74, 6) is 0.160. The Morgan fingerprint density at radius 1 is 0.970 bits per heavy atom. The highest BCUT2D eigenvalue weighted by molar-refractivity contribution is 6.09. The molecule has 5 rings (SSSR count). The molecular weight excluding hydrogens is 410 g/mol. The van der Waals surface area contributed by atoms with Crippen molar-refractivity contribution in [2.75, 3.05) is 13.1 Å². The monoisotopic (exact) mass is 439 g/mol. The van der Waals surface area contributed by atoms with Gasteiger partial charge in [-0.3, -0.25) is 19.2 Å². The van der Waals surface area contributed by atoms with Crippen LogP contribution in [0.15, 0.2) is 77.6 Å². The standard InChI is InChI=1S/C28H29N3O2/c1-20-26(28(33)31(29(20)2)23-13-4-3-5-14-23)19-30-17-9-12-22(18-30)27(32)25-16-8-11-21-10-6-7-15-24(21)25/h3-8,10-11,13-16,22H,9,12,17-19H2,1-2H3/t22-/m0/s1. The zero-order valence-corrected chi connectivity index (χ0v) is 19.2. The molecule has 1 aromatic heterocycles. The first-order chi connectivity index (χ1) is 16.0. The molecule has 0 N–H and O–H groups in total. The van der Waals surface area contributed by atoms with Crippen LogP contribution in [0.1, 0.15) is 34.5 Å². The van der Waals surface area contributed by atoms with Gasteiger partial charge in [-0.1, -0.05) is 60.7 Å². The number of nitrogens with zero attached hydrogens (tertiary/aromatic N) is 3. The first-order valence-electron chi connectivity index (χ1n) is 11.6. The maximum atomic E-state index is 13.5. The Balaban J connectivity index is 1.39. The maximum Gasteiger partial charge on any atom is 0.276 e. The highest BCUT2D eigenvalue weighted by Gasteiger charge is 2.29. The van der Waals surface area contributed by atoms with Crippen LogP contribution in [0.5, 0.6) is 0 Å². The number of carbonyl (C=O) groups excluding carboxylic acids is 1. The molecule has 0 unspecified atom stereocenters. The van der Waals surface area contributed by atoms with Crippen molar-refractivity contribution >= 4 is 16.6 Å². The fraction of sp³-hybridized carbons (Fsp3) is 0.286. The summed E-state index contributed by atoms with van der Waals surface area (Å²) in [4.78, 5) is 29.1. The van der Waals surface area contributed by atoms with Crippen molar-refractivity contribution in [1.82, 2.24) is 14.3 Å². The Labute approximate surface area is 193 Å². The molecule has 33 heavy (non-hydrogen) atoms. The summed E-state index contributed by atoms with van der Waals surface area (Å²) in [6, 6.07) is 23.8.